The van der Waals surface area contributed by atoms with Crippen LogP contribution in [-0.4, -0.2) is 84.5 Å². The minimum absolute atomic E-state index is 0.121. The number of benzene rings is 4. The van der Waals surface area contributed by atoms with Gasteiger partial charge in [0, 0.05) is 81.6 Å². The lowest BCUT2D eigenvalue weighted by atomic mass is 9.69. The second-order valence-electron chi connectivity index (χ2n) is 16.0. The van der Waals surface area contributed by atoms with E-state index >= 15 is 0 Å². The molecule has 278 valence electrons. The number of imide groups is 1. The molecule has 2 N–H and O–H groups in total. The maximum Gasteiger partial charge on any atom is 0.255 e. The monoisotopic (exact) mass is 723 g/mol. The van der Waals surface area contributed by atoms with Crippen LogP contribution in [0.4, 0.5) is 11.4 Å². The summed E-state index contributed by atoms with van der Waals surface area (Å²) in [6, 6.07) is 31.7. The molecule has 4 aromatic carbocycles. The van der Waals surface area contributed by atoms with Crippen LogP contribution in [0, 0.1) is 5.92 Å². The van der Waals surface area contributed by atoms with Gasteiger partial charge < -0.3 is 19.8 Å². The van der Waals surface area contributed by atoms with Gasteiger partial charge in [0.2, 0.25) is 11.8 Å². The number of anilines is 2. The van der Waals surface area contributed by atoms with Crippen molar-refractivity contribution in [1.29, 1.82) is 0 Å². The van der Waals surface area contributed by atoms with E-state index < -0.39 is 6.04 Å². The Morgan fingerprint density at radius 2 is 1.41 bits per heavy atom. The lowest BCUT2D eigenvalue weighted by Gasteiger charge is -2.40. The molecule has 2 unspecified atom stereocenters. The van der Waals surface area contributed by atoms with Gasteiger partial charge >= 0.3 is 0 Å². The highest BCUT2D eigenvalue weighted by Crippen LogP contribution is 2.47. The molecule has 9 rings (SSSR count). The first kappa shape index (κ1) is 34.6. The number of rotatable bonds is 7. The normalized spacial score (nSPS) is 23.7. The lowest BCUT2D eigenvalue weighted by Crippen LogP contribution is -2.52. The molecule has 0 aromatic heterocycles. The summed E-state index contributed by atoms with van der Waals surface area (Å²) in [5.41, 5.74) is 9.39. The van der Waals surface area contributed by atoms with Crippen LogP contribution in [0.5, 0.6) is 5.75 Å². The number of carbonyl (C=O) groups excluding carboxylic acids is 3. The number of aryl methyl sites for hydroxylation is 1. The quantitative estimate of drug-likeness (QED) is 0.224. The smallest absolute Gasteiger partial charge is 0.255 e. The molecule has 9 heteroatoms. The van der Waals surface area contributed by atoms with Gasteiger partial charge in [-0.2, -0.15) is 0 Å². The van der Waals surface area contributed by atoms with Gasteiger partial charge in [-0.3, -0.25) is 24.6 Å². The van der Waals surface area contributed by atoms with E-state index in [0.717, 1.165) is 69.9 Å². The SMILES string of the molecule is O=C1CCC(N2Cc3cc(N4CCN(CC5CCN(c6ccc(C7c8ccc(O)cc8CC[C@@H]7c7ccccc7)cc6)CC5)CC4)ccc3C2=O)C(=O)N1. The Hall–Kier alpha value is -5.15. The van der Waals surface area contributed by atoms with Crippen LogP contribution in [0.2, 0.25) is 0 Å². The molecule has 3 atom stereocenters. The van der Waals surface area contributed by atoms with Crippen LogP contribution >= 0.6 is 0 Å². The minimum Gasteiger partial charge on any atom is -0.508 e. The van der Waals surface area contributed by atoms with E-state index in [9.17, 15) is 19.5 Å². The number of nitrogens with zero attached hydrogens (tertiary/aromatic N) is 4. The third kappa shape index (κ3) is 6.74. The number of phenolic OH excluding ortho intramolecular Hbond substituents is 1. The summed E-state index contributed by atoms with van der Waals surface area (Å²) in [5, 5.41) is 12.6. The third-order valence-electron chi connectivity index (χ3n) is 12.8. The van der Waals surface area contributed by atoms with Gasteiger partial charge in [0.15, 0.2) is 0 Å². The van der Waals surface area contributed by atoms with Crippen LogP contribution in [0.25, 0.3) is 0 Å². The molecule has 0 saturated carbocycles. The molecule has 54 heavy (non-hydrogen) atoms. The predicted octanol–water partition coefficient (Wildman–Crippen LogP) is 6.05. The van der Waals surface area contributed by atoms with Crippen molar-refractivity contribution < 1.29 is 19.5 Å². The van der Waals surface area contributed by atoms with Gasteiger partial charge in [-0.05, 0) is 114 Å². The number of carbonyl (C=O) groups is 3. The molecule has 3 amide bonds. The van der Waals surface area contributed by atoms with E-state index in [0.29, 0.717) is 36.1 Å². The highest BCUT2D eigenvalue weighted by molar-refractivity contribution is 6.05. The highest BCUT2D eigenvalue weighted by Gasteiger charge is 2.39. The van der Waals surface area contributed by atoms with Crippen LogP contribution < -0.4 is 15.1 Å². The molecule has 4 heterocycles. The van der Waals surface area contributed by atoms with Gasteiger partial charge in [-0.25, -0.2) is 0 Å². The Morgan fingerprint density at radius 3 is 2.17 bits per heavy atom. The number of phenols is 1. The maximum atomic E-state index is 13.1. The van der Waals surface area contributed by atoms with Crippen LogP contribution in [0.3, 0.4) is 0 Å². The van der Waals surface area contributed by atoms with Gasteiger partial charge in [0.05, 0.1) is 0 Å². The number of piperidine rings is 2. The van der Waals surface area contributed by atoms with E-state index in [2.05, 4.69) is 86.7 Å². The van der Waals surface area contributed by atoms with Crippen molar-refractivity contribution in [3.63, 3.8) is 0 Å². The number of amides is 3. The Labute approximate surface area is 317 Å². The number of piperazine rings is 1. The second kappa shape index (κ2) is 14.6. The van der Waals surface area contributed by atoms with Crippen molar-refractivity contribution in [3.8, 4) is 5.75 Å². The van der Waals surface area contributed by atoms with Crippen molar-refractivity contribution in [2.45, 2.75) is 62.9 Å². The molecule has 5 aliphatic rings. The number of hydrogen-bond acceptors (Lipinski definition) is 7. The Kier molecular flexibility index (Phi) is 9.35. The van der Waals surface area contributed by atoms with Gasteiger partial charge in [-0.15, -0.1) is 0 Å². The third-order valence-corrected chi connectivity index (χ3v) is 12.8. The molecular weight excluding hydrogens is 675 g/mol. The van der Waals surface area contributed by atoms with Crippen molar-refractivity contribution in [2.75, 3.05) is 55.6 Å². The zero-order chi connectivity index (χ0) is 36.8. The van der Waals surface area contributed by atoms with Gasteiger partial charge in [-0.1, -0.05) is 48.5 Å². The van der Waals surface area contributed by atoms with Gasteiger partial charge in [0.25, 0.3) is 5.91 Å². The molecule has 3 saturated heterocycles. The molecule has 9 nitrogen and oxygen atoms in total. The summed E-state index contributed by atoms with van der Waals surface area (Å²) >= 11 is 0. The summed E-state index contributed by atoms with van der Waals surface area (Å²) in [4.78, 5) is 46.5. The van der Waals surface area contributed by atoms with Crippen molar-refractivity contribution in [1.82, 2.24) is 15.1 Å². The van der Waals surface area contributed by atoms with E-state index in [1.54, 1.807) is 4.90 Å². The van der Waals surface area contributed by atoms with E-state index in [1.807, 2.05) is 24.3 Å². The predicted molar refractivity (Wildman–Crippen MR) is 210 cm³/mol. The highest BCUT2D eigenvalue weighted by atomic mass is 16.3. The maximum absolute atomic E-state index is 13.1. The summed E-state index contributed by atoms with van der Waals surface area (Å²) in [6.07, 6.45) is 5.08. The van der Waals surface area contributed by atoms with Gasteiger partial charge in [0.1, 0.15) is 11.8 Å². The summed E-state index contributed by atoms with van der Waals surface area (Å²) in [5.74, 6) is 0.955. The summed E-state index contributed by atoms with van der Waals surface area (Å²) in [7, 11) is 0. The molecule has 0 radical (unpaired) electrons. The molecule has 1 aliphatic carbocycles. The summed E-state index contributed by atoms with van der Waals surface area (Å²) in [6.45, 7) is 7.64. The van der Waals surface area contributed by atoms with Crippen molar-refractivity contribution in [2.24, 2.45) is 5.92 Å². The first-order valence-electron chi connectivity index (χ1n) is 19.8. The first-order valence-corrected chi connectivity index (χ1v) is 19.8. The van der Waals surface area contributed by atoms with E-state index in [1.165, 1.54) is 40.8 Å². The van der Waals surface area contributed by atoms with Crippen molar-refractivity contribution >= 4 is 29.1 Å². The largest absolute Gasteiger partial charge is 0.508 e. The fourth-order valence-electron chi connectivity index (χ4n) is 9.86. The van der Waals surface area contributed by atoms with Crippen LogP contribution in [0.15, 0.2) is 91.0 Å². The fraction of sp³-hybridized carbons (Fsp3) is 0.400. The topological polar surface area (TPSA) is 96.4 Å². The zero-order valence-corrected chi connectivity index (χ0v) is 30.8. The first-order chi connectivity index (χ1) is 26.4. The van der Waals surface area contributed by atoms with E-state index in [4.69, 9.17) is 0 Å². The number of aromatic hydroxyl groups is 1. The van der Waals surface area contributed by atoms with Crippen molar-refractivity contribution in [3.05, 3.63) is 124 Å². The Morgan fingerprint density at radius 1 is 0.667 bits per heavy atom. The number of hydrogen-bond donors (Lipinski definition) is 2. The van der Waals surface area contributed by atoms with Crippen LogP contribution in [0.1, 0.15) is 82.1 Å². The fourth-order valence-corrected chi connectivity index (χ4v) is 9.86. The zero-order valence-electron chi connectivity index (χ0n) is 30.8. The molecule has 3 fully saturated rings. The Bertz CT molecular complexity index is 2030. The van der Waals surface area contributed by atoms with E-state index in [-0.39, 0.29) is 30.1 Å². The number of fused-ring (bicyclic) bond motifs is 2. The average Bonchev–Trinajstić information content (AvgIpc) is 3.53. The molecule has 0 bridgehead atoms. The molecular formula is C45H49N5O4. The number of nitrogens with one attached hydrogen (secondary N) is 1. The lowest BCUT2D eigenvalue weighted by molar-refractivity contribution is -0.136. The summed E-state index contributed by atoms with van der Waals surface area (Å²) < 4.78 is 0. The molecule has 4 aromatic rings. The second-order valence-corrected chi connectivity index (χ2v) is 16.0. The standard InChI is InChI=1S/C45H49N5O4/c51-37-12-15-39-33(27-37)8-13-38(31-4-2-1-3-5-31)43(39)32-6-9-35(10-7-32)48-20-18-30(19-21-48)28-47-22-24-49(25-23-47)36-11-14-40-34(26-36)29-50(45(40)54)41-16-17-42(52)46-44(41)53/h1-7,9-12,14-15,26-27,30,38,41,43,51H,8,13,16-25,28-29H2,(H,46,52,53)/t38-,41?,43?/m1/s1. The molecule has 0 spiro atoms. The Balaban J connectivity index is 0.780. The minimum atomic E-state index is -0.585. The van der Waals surface area contributed by atoms with Crippen LogP contribution in [-0.2, 0) is 22.6 Å². The molecule has 4 aliphatic heterocycles. The average molecular weight is 724 g/mol.